The van der Waals surface area contributed by atoms with Gasteiger partial charge in [0.1, 0.15) is 6.73 Å². The molecule has 0 bridgehead atoms. The van der Waals surface area contributed by atoms with E-state index in [0.29, 0.717) is 0 Å². The molecule has 0 aliphatic rings. The van der Waals surface area contributed by atoms with E-state index in [0.717, 1.165) is 10.8 Å². The van der Waals surface area contributed by atoms with Gasteiger partial charge in [-0.1, -0.05) is 0 Å². The molecule has 0 fully saturated rings. The lowest BCUT2D eigenvalue weighted by Gasteiger charge is -2.16. The Bertz CT molecular complexity index is 888. The molecule has 1 aromatic heterocycles. The van der Waals surface area contributed by atoms with E-state index in [4.69, 9.17) is 24.3 Å². The van der Waals surface area contributed by atoms with E-state index in [-0.39, 0.29) is 11.2 Å². The first kappa shape index (κ1) is 23.6. The monoisotopic (exact) mass is 504 g/mol. The summed E-state index contributed by atoms with van der Waals surface area (Å²) in [6.45, 7) is -1.47. The molecule has 2 atom stereocenters. The zero-order chi connectivity index (χ0) is 20.2. The van der Waals surface area contributed by atoms with Crippen LogP contribution in [0.25, 0.3) is 0 Å². The maximum absolute atomic E-state index is 11.4. The fourth-order valence-electron chi connectivity index (χ4n) is 1.26. The molecule has 0 saturated heterocycles. The average Bonchev–Trinajstić information content (AvgIpc) is 2.39. The van der Waals surface area contributed by atoms with Gasteiger partial charge in [0.2, 0.25) is 0 Å². The number of hydrogen-bond acceptors (Lipinski definition) is 9. The number of ether oxygens (including phenoxy) is 1. The first-order valence-electron chi connectivity index (χ1n) is 6.06. The first-order chi connectivity index (χ1) is 11.7. The fraction of sp³-hybridized carbons (Fsp3) is 0.429. The van der Waals surface area contributed by atoms with E-state index in [1.165, 1.54) is 0 Å². The molecule has 1 rings (SSSR count). The summed E-state index contributed by atoms with van der Waals surface area (Å²) in [4.78, 5) is 59.3. The number of hydrogen-bond donors (Lipinski definition) is 5. The van der Waals surface area contributed by atoms with Crippen molar-refractivity contribution in [3.8, 4) is 0 Å². The van der Waals surface area contributed by atoms with Crippen molar-refractivity contribution in [2.75, 3.05) is 13.2 Å². The number of halogens is 1. The van der Waals surface area contributed by atoms with Crippen LogP contribution in [0.15, 0.2) is 20.3 Å². The summed E-state index contributed by atoms with van der Waals surface area (Å²) in [5, 5.41) is 0. The summed E-state index contributed by atoms with van der Waals surface area (Å²) in [6, 6.07) is 0. The van der Waals surface area contributed by atoms with Gasteiger partial charge in [-0.05, 0) is 15.9 Å². The van der Waals surface area contributed by atoms with Crippen LogP contribution in [0.3, 0.4) is 0 Å². The van der Waals surface area contributed by atoms with Gasteiger partial charge >= 0.3 is 29.2 Å². The Morgan fingerprint density at radius 2 is 1.65 bits per heavy atom. The summed E-state index contributed by atoms with van der Waals surface area (Å²) in [5.41, 5.74) is -1.44. The topological polar surface area (TPSA) is 224 Å². The Balaban J connectivity index is 2.47. The van der Waals surface area contributed by atoms with Crippen LogP contribution < -0.4 is 11.2 Å². The predicted molar refractivity (Wildman–Crippen MR) is 84.8 cm³/mol. The van der Waals surface area contributed by atoms with Crippen LogP contribution in [0.1, 0.15) is 0 Å². The van der Waals surface area contributed by atoms with Crippen molar-refractivity contribution in [3.05, 3.63) is 31.5 Å². The molecular formula is C7H12BrN2O13P3. The van der Waals surface area contributed by atoms with Crippen molar-refractivity contribution in [2.24, 2.45) is 0 Å². The molecule has 5 N–H and O–H groups in total. The Kier molecular flexibility index (Phi) is 8.29. The predicted octanol–water partition coefficient (Wildman–Crippen LogP) is -0.383. The van der Waals surface area contributed by atoms with Crippen LogP contribution >= 0.6 is 39.4 Å². The smallest absolute Gasteiger partial charge is 0.358 e. The summed E-state index contributed by atoms with van der Waals surface area (Å²) in [6.07, 6.45) is 1.13. The van der Waals surface area contributed by atoms with Crippen molar-refractivity contribution < 1.29 is 51.2 Å². The van der Waals surface area contributed by atoms with Crippen molar-refractivity contribution in [1.82, 2.24) is 9.55 Å². The molecule has 26 heavy (non-hydrogen) atoms. The molecule has 0 aliphatic heterocycles. The molecule has 1 aromatic rings. The largest absolute Gasteiger partial charge is 0.490 e. The summed E-state index contributed by atoms with van der Waals surface area (Å²) < 4.78 is 50.0. The van der Waals surface area contributed by atoms with Crippen LogP contribution in [0.4, 0.5) is 0 Å². The number of nitrogens with zero attached hydrogens (tertiary/aromatic N) is 1. The molecule has 15 nitrogen and oxygen atoms in total. The number of rotatable bonds is 10. The molecule has 1 heterocycles. The molecule has 0 aliphatic carbocycles. The highest BCUT2D eigenvalue weighted by Crippen LogP contribution is 2.66. The first-order valence-corrected chi connectivity index (χ1v) is 11.4. The van der Waals surface area contributed by atoms with Crippen LogP contribution in [0.2, 0.25) is 0 Å². The van der Waals surface area contributed by atoms with Crippen LogP contribution in [0.5, 0.6) is 0 Å². The zero-order valence-corrected chi connectivity index (χ0v) is 16.6. The number of phosphoric acid groups is 3. The second-order valence-electron chi connectivity index (χ2n) is 4.17. The van der Waals surface area contributed by atoms with E-state index in [1.54, 1.807) is 0 Å². The maximum atomic E-state index is 11.4. The molecule has 2 unspecified atom stereocenters. The number of nitrogens with one attached hydrogen (secondary N) is 1. The van der Waals surface area contributed by atoms with Gasteiger partial charge in [0, 0.05) is 6.20 Å². The normalized spacial score (nSPS) is 16.8. The van der Waals surface area contributed by atoms with Gasteiger partial charge in [0.15, 0.2) is 0 Å². The van der Waals surface area contributed by atoms with Gasteiger partial charge in [-0.25, -0.2) is 18.5 Å². The molecule has 19 heteroatoms. The van der Waals surface area contributed by atoms with E-state index < -0.39 is 47.9 Å². The molecule has 0 spiro atoms. The second kappa shape index (κ2) is 9.15. The molecular weight excluding hydrogens is 493 g/mol. The van der Waals surface area contributed by atoms with Gasteiger partial charge in [-0.3, -0.25) is 18.9 Å². The summed E-state index contributed by atoms with van der Waals surface area (Å²) in [5.74, 6) is 0. The fourth-order valence-corrected chi connectivity index (χ4v) is 4.60. The Labute approximate surface area is 152 Å². The van der Waals surface area contributed by atoms with Crippen molar-refractivity contribution >= 4 is 39.4 Å². The molecule has 0 amide bonds. The van der Waals surface area contributed by atoms with E-state index >= 15 is 0 Å². The van der Waals surface area contributed by atoms with Crippen LogP contribution in [-0.4, -0.2) is 42.3 Å². The van der Waals surface area contributed by atoms with Crippen LogP contribution in [0, 0.1) is 0 Å². The SMILES string of the molecule is O=c1[nH]c(=O)n(COCCOP(=O)(O)OP(=O)(O)OP(=O)(O)O)cc1Br. The Hall–Kier alpha value is -0.470. The van der Waals surface area contributed by atoms with Crippen molar-refractivity contribution in [3.63, 3.8) is 0 Å². The minimum Gasteiger partial charge on any atom is -0.358 e. The quantitative estimate of drug-likeness (QED) is 0.202. The number of H-pyrrole nitrogens is 1. The van der Waals surface area contributed by atoms with E-state index in [9.17, 15) is 23.3 Å². The minimum atomic E-state index is -5.58. The number of aromatic amines is 1. The third-order valence-electron chi connectivity index (χ3n) is 2.10. The van der Waals surface area contributed by atoms with Crippen molar-refractivity contribution in [2.45, 2.75) is 6.73 Å². The molecule has 0 radical (unpaired) electrons. The van der Waals surface area contributed by atoms with Gasteiger partial charge < -0.3 is 24.3 Å². The van der Waals surface area contributed by atoms with Gasteiger partial charge in [-0.2, -0.15) is 8.62 Å². The lowest BCUT2D eigenvalue weighted by atomic mass is 10.6. The number of aromatic nitrogens is 2. The van der Waals surface area contributed by atoms with Gasteiger partial charge in [0.05, 0.1) is 17.7 Å². The molecule has 0 aromatic carbocycles. The van der Waals surface area contributed by atoms with E-state index in [1.807, 2.05) is 4.98 Å². The number of phosphoric ester groups is 1. The van der Waals surface area contributed by atoms with Crippen LogP contribution in [-0.2, 0) is 38.3 Å². The summed E-state index contributed by atoms with van der Waals surface area (Å²) >= 11 is 2.89. The second-order valence-corrected chi connectivity index (χ2v) is 9.44. The molecule has 150 valence electrons. The average molecular weight is 505 g/mol. The third kappa shape index (κ3) is 8.95. The Morgan fingerprint density at radius 1 is 1.04 bits per heavy atom. The maximum Gasteiger partial charge on any atom is 0.490 e. The zero-order valence-electron chi connectivity index (χ0n) is 12.3. The Morgan fingerprint density at radius 3 is 2.23 bits per heavy atom. The van der Waals surface area contributed by atoms with E-state index in [2.05, 4.69) is 29.1 Å². The lowest BCUT2D eigenvalue weighted by Crippen LogP contribution is -2.30. The lowest BCUT2D eigenvalue weighted by molar-refractivity contribution is 0.0431. The summed E-state index contributed by atoms with van der Waals surface area (Å²) in [7, 11) is -16.3. The standard InChI is InChI=1S/C7H12BrN2O13P3/c8-5-3-10(7(12)9-6(5)11)4-20-1-2-21-25(16,17)23-26(18,19)22-24(13,14)15/h3H,1-2,4H2,(H,16,17)(H,18,19)(H,9,11,12)(H2,13,14,15). The highest BCUT2D eigenvalue weighted by atomic mass is 79.9. The van der Waals surface area contributed by atoms with Gasteiger partial charge in [0.25, 0.3) is 5.56 Å². The van der Waals surface area contributed by atoms with Crippen molar-refractivity contribution in [1.29, 1.82) is 0 Å². The minimum absolute atomic E-state index is 0.0500. The highest BCUT2D eigenvalue weighted by Gasteiger charge is 2.40. The highest BCUT2D eigenvalue weighted by molar-refractivity contribution is 9.10. The van der Waals surface area contributed by atoms with Gasteiger partial charge in [-0.15, -0.1) is 0 Å². The third-order valence-corrected chi connectivity index (χ3v) is 6.50. The molecule has 0 saturated carbocycles.